The summed E-state index contributed by atoms with van der Waals surface area (Å²) in [5.41, 5.74) is 0.603. The SMILES string of the molecule is Cc1nnc(-c2cccc(S(=O)(=O)C(C)(C)C)c2)o1. The van der Waals surface area contributed by atoms with Crippen molar-refractivity contribution in [3.63, 3.8) is 0 Å². The second-order valence-corrected chi connectivity index (χ2v) is 7.97. The molecule has 19 heavy (non-hydrogen) atoms. The lowest BCUT2D eigenvalue weighted by molar-refractivity contribution is 0.532. The molecule has 0 amide bonds. The summed E-state index contributed by atoms with van der Waals surface area (Å²) in [5, 5.41) is 7.63. The summed E-state index contributed by atoms with van der Waals surface area (Å²) in [5.74, 6) is 0.766. The highest BCUT2D eigenvalue weighted by Gasteiger charge is 2.31. The quantitative estimate of drug-likeness (QED) is 0.845. The van der Waals surface area contributed by atoms with Gasteiger partial charge in [0.2, 0.25) is 11.8 Å². The van der Waals surface area contributed by atoms with Gasteiger partial charge in [0.05, 0.1) is 9.64 Å². The largest absolute Gasteiger partial charge is 0.421 e. The third kappa shape index (κ3) is 2.53. The average molecular weight is 280 g/mol. The maximum absolute atomic E-state index is 12.4. The van der Waals surface area contributed by atoms with E-state index in [1.54, 1.807) is 52.0 Å². The molecule has 0 radical (unpaired) electrons. The van der Waals surface area contributed by atoms with Crippen LogP contribution in [0.4, 0.5) is 0 Å². The fraction of sp³-hybridized carbons (Fsp3) is 0.385. The van der Waals surface area contributed by atoms with Crippen molar-refractivity contribution in [1.82, 2.24) is 10.2 Å². The van der Waals surface area contributed by atoms with Crippen molar-refractivity contribution in [2.75, 3.05) is 0 Å². The maximum Gasteiger partial charge on any atom is 0.247 e. The van der Waals surface area contributed by atoms with Gasteiger partial charge in [-0.15, -0.1) is 10.2 Å². The van der Waals surface area contributed by atoms with E-state index in [0.717, 1.165) is 0 Å². The lowest BCUT2D eigenvalue weighted by Crippen LogP contribution is -2.27. The van der Waals surface area contributed by atoms with Crippen molar-refractivity contribution in [2.45, 2.75) is 37.3 Å². The van der Waals surface area contributed by atoms with Crippen LogP contribution in [0.2, 0.25) is 0 Å². The molecule has 0 aliphatic rings. The Kier molecular flexibility index (Phi) is 3.22. The molecule has 6 heteroatoms. The molecular formula is C13H16N2O3S. The summed E-state index contributed by atoms with van der Waals surface area (Å²) in [7, 11) is -3.39. The summed E-state index contributed by atoms with van der Waals surface area (Å²) in [6.45, 7) is 6.70. The molecule has 2 rings (SSSR count). The Bertz CT molecular complexity index is 697. The molecule has 0 saturated heterocycles. The van der Waals surface area contributed by atoms with E-state index in [4.69, 9.17) is 4.42 Å². The van der Waals surface area contributed by atoms with Crippen LogP contribution in [-0.4, -0.2) is 23.4 Å². The number of sulfone groups is 1. The summed E-state index contributed by atoms with van der Waals surface area (Å²) < 4.78 is 29.2. The van der Waals surface area contributed by atoms with Crippen LogP contribution < -0.4 is 0 Å². The van der Waals surface area contributed by atoms with Gasteiger partial charge in [-0.25, -0.2) is 8.42 Å². The lowest BCUT2D eigenvalue weighted by Gasteiger charge is -2.19. The summed E-state index contributed by atoms with van der Waals surface area (Å²) in [6, 6.07) is 6.56. The molecule has 5 nitrogen and oxygen atoms in total. The number of hydrogen-bond donors (Lipinski definition) is 0. The minimum Gasteiger partial charge on any atom is -0.421 e. The lowest BCUT2D eigenvalue weighted by atomic mass is 10.2. The molecular weight excluding hydrogens is 264 g/mol. The van der Waals surface area contributed by atoms with E-state index in [9.17, 15) is 8.42 Å². The first-order valence-electron chi connectivity index (χ1n) is 5.87. The third-order valence-corrected chi connectivity index (χ3v) is 5.21. The highest BCUT2D eigenvalue weighted by Crippen LogP contribution is 2.28. The Hall–Kier alpha value is -1.69. The van der Waals surface area contributed by atoms with Crippen LogP contribution in [0.3, 0.4) is 0 Å². The second kappa shape index (κ2) is 4.45. The van der Waals surface area contributed by atoms with Crippen molar-refractivity contribution in [3.8, 4) is 11.5 Å². The van der Waals surface area contributed by atoms with E-state index in [1.807, 2.05) is 0 Å². The summed E-state index contributed by atoms with van der Waals surface area (Å²) >= 11 is 0. The monoisotopic (exact) mass is 280 g/mol. The molecule has 0 bridgehead atoms. The molecule has 0 unspecified atom stereocenters. The Morgan fingerprint density at radius 3 is 2.37 bits per heavy atom. The van der Waals surface area contributed by atoms with Crippen molar-refractivity contribution < 1.29 is 12.8 Å². The van der Waals surface area contributed by atoms with Crippen LogP contribution in [0.5, 0.6) is 0 Å². The normalized spacial score (nSPS) is 12.6. The predicted molar refractivity (Wildman–Crippen MR) is 71.4 cm³/mol. The fourth-order valence-electron chi connectivity index (χ4n) is 1.56. The number of rotatable bonds is 2. The fourth-order valence-corrected chi connectivity index (χ4v) is 2.81. The molecule has 0 N–H and O–H groups in total. The summed E-state index contributed by atoms with van der Waals surface area (Å²) in [6.07, 6.45) is 0. The Labute approximate surface area is 112 Å². The Morgan fingerprint density at radius 2 is 1.84 bits per heavy atom. The highest BCUT2D eigenvalue weighted by atomic mass is 32.2. The van der Waals surface area contributed by atoms with Gasteiger partial charge in [0.25, 0.3) is 0 Å². The Balaban J connectivity index is 2.52. The first-order valence-corrected chi connectivity index (χ1v) is 7.35. The van der Waals surface area contributed by atoms with Gasteiger partial charge in [-0.1, -0.05) is 6.07 Å². The smallest absolute Gasteiger partial charge is 0.247 e. The van der Waals surface area contributed by atoms with E-state index in [-0.39, 0.29) is 4.90 Å². The van der Waals surface area contributed by atoms with Crippen LogP contribution in [0.1, 0.15) is 26.7 Å². The van der Waals surface area contributed by atoms with Crippen LogP contribution in [0.15, 0.2) is 33.6 Å². The van der Waals surface area contributed by atoms with Crippen molar-refractivity contribution in [2.24, 2.45) is 0 Å². The molecule has 0 fully saturated rings. The van der Waals surface area contributed by atoms with Gasteiger partial charge < -0.3 is 4.42 Å². The first-order chi connectivity index (χ1) is 8.72. The topological polar surface area (TPSA) is 73.1 Å². The molecule has 1 aromatic carbocycles. The van der Waals surface area contributed by atoms with Crippen LogP contribution in [0, 0.1) is 6.92 Å². The molecule has 0 spiro atoms. The van der Waals surface area contributed by atoms with Crippen molar-refractivity contribution >= 4 is 9.84 Å². The van der Waals surface area contributed by atoms with E-state index < -0.39 is 14.6 Å². The highest BCUT2D eigenvalue weighted by molar-refractivity contribution is 7.92. The van der Waals surface area contributed by atoms with E-state index >= 15 is 0 Å². The van der Waals surface area contributed by atoms with Gasteiger partial charge in [-0.3, -0.25) is 0 Å². The van der Waals surface area contributed by atoms with Crippen LogP contribution in [0.25, 0.3) is 11.5 Å². The Morgan fingerprint density at radius 1 is 1.16 bits per heavy atom. The standard InChI is InChI=1S/C13H16N2O3S/c1-9-14-15-12(18-9)10-6-5-7-11(8-10)19(16,17)13(2,3)4/h5-8H,1-4H3. The molecule has 1 aromatic heterocycles. The van der Waals surface area contributed by atoms with Gasteiger partial charge in [0, 0.05) is 12.5 Å². The van der Waals surface area contributed by atoms with Crippen LogP contribution >= 0.6 is 0 Å². The molecule has 102 valence electrons. The van der Waals surface area contributed by atoms with E-state index in [1.165, 1.54) is 0 Å². The second-order valence-electron chi connectivity index (χ2n) is 5.27. The minimum atomic E-state index is -3.39. The maximum atomic E-state index is 12.4. The van der Waals surface area contributed by atoms with Gasteiger partial charge >= 0.3 is 0 Å². The summed E-state index contributed by atoms with van der Waals surface area (Å²) in [4.78, 5) is 0.258. The number of nitrogens with zero attached hydrogens (tertiary/aromatic N) is 2. The molecule has 0 aliphatic carbocycles. The molecule has 2 aromatic rings. The van der Waals surface area contributed by atoms with E-state index in [0.29, 0.717) is 17.3 Å². The average Bonchev–Trinajstić information content (AvgIpc) is 2.75. The first kappa shape index (κ1) is 13.7. The minimum absolute atomic E-state index is 0.258. The van der Waals surface area contributed by atoms with E-state index in [2.05, 4.69) is 10.2 Å². The molecule has 1 heterocycles. The predicted octanol–water partition coefficient (Wildman–Crippen LogP) is 2.62. The van der Waals surface area contributed by atoms with Crippen molar-refractivity contribution in [1.29, 1.82) is 0 Å². The number of aryl methyl sites for hydroxylation is 1. The molecule has 0 atom stereocenters. The zero-order valence-corrected chi connectivity index (χ0v) is 12.2. The van der Waals surface area contributed by atoms with Crippen molar-refractivity contribution in [3.05, 3.63) is 30.2 Å². The van der Waals surface area contributed by atoms with Gasteiger partial charge in [-0.2, -0.15) is 0 Å². The number of hydrogen-bond acceptors (Lipinski definition) is 5. The zero-order valence-electron chi connectivity index (χ0n) is 11.3. The molecule has 0 saturated carbocycles. The van der Waals surface area contributed by atoms with Crippen LogP contribution in [-0.2, 0) is 9.84 Å². The zero-order chi connectivity index (χ0) is 14.3. The third-order valence-electron chi connectivity index (χ3n) is 2.72. The van der Waals surface area contributed by atoms with Gasteiger partial charge in [0.1, 0.15) is 0 Å². The van der Waals surface area contributed by atoms with Gasteiger partial charge in [-0.05, 0) is 39.0 Å². The number of aromatic nitrogens is 2. The van der Waals surface area contributed by atoms with Gasteiger partial charge in [0.15, 0.2) is 9.84 Å². The molecule has 0 aliphatic heterocycles. The number of benzene rings is 1.